The van der Waals surface area contributed by atoms with E-state index in [4.69, 9.17) is 9.15 Å². The molecular formula is C12H12O3. The summed E-state index contributed by atoms with van der Waals surface area (Å²) in [5.74, 6) is 1.15. The molecule has 1 heterocycles. The number of ether oxygens (including phenoxy) is 1. The Kier molecular flexibility index (Phi) is 1.91. The average Bonchev–Trinajstić information content (AvgIpc) is 2.93. The van der Waals surface area contributed by atoms with Gasteiger partial charge in [-0.1, -0.05) is 12.2 Å². The third-order valence-electron chi connectivity index (χ3n) is 3.28. The van der Waals surface area contributed by atoms with Crippen LogP contribution in [0, 0.1) is 17.8 Å². The largest absolute Gasteiger partial charge is 0.434 e. The van der Waals surface area contributed by atoms with Crippen LogP contribution in [0.5, 0.6) is 5.95 Å². The summed E-state index contributed by atoms with van der Waals surface area (Å²) in [6.45, 7) is 0. The molecule has 0 aliphatic heterocycles. The first-order valence-electron chi connectivity index (χ1n) is 5.26. The molecule has 1 saturated carbocycles. The number of esters is 1. The first-order valence-corrected chi connectivity index (χ1v) is 5.26. The van der Waals surface area contributed by atoms with Gasteiger partial charge in [-0.15, -0.1) is 0 Å². The summed E-state index contributed by atoms with van der Waals surface area (Å²) in [6.07, 6.45) is 7.89. The monoisotopic (exact) mass is 204 g/mol. The Bertz CT molecular complexity index is 391. The highest BCUT2D eigenvalue weighted by Crippen LogP contribution is 2.43. The van der Waals surface area contributed by atoms with Gasteiger partial charge in [-0.25, -0.2) is 0 Å². The Hall–Kier alpha value is -1.51. The molecule has 0 unspecified atom stereocenters. The Morgan fingerprint density at radius 3 is 2.93 bits per heavy atom. The summed E-state index contributed by atoms with van der Waals surface area (Å²) in [6, 6.07) is 3.37. The van der Waals surface area contributed by atoms with Crippen molar-refractivity contribution in [1.82, 2.24) is 0 Å². The van der Waals surface area contributed by atoms with Crippen molar-refractivity contribution in [1.29, 1.82) is 0 Å². The Morgan fingerprint density at radius 1 is 1.40 bits per heavy atom. The number of hydrogen-bond donors (Lipinski definition) is 0. The number of rotatable bonds is 2. The van der Waals surface area contributed by atoms with Gasteiger partial charge in [-0.2, -0.15) is 0 Å². The van der Waals surface area contributed by atoms with Gasteiger partial charge in [0.1, 0.15) is 0 Å². The predicted octanol–water partition coefficient (Wildman–Crippen LogP) is 2.40. The molecule has 0 N–H and O–H groups in total. The highest BCUT2D eigenvalue weighted by atomic mass is 16.6. The van der Waals surface area contributed by atoms with E-state index in [1.54, 1.807) is 12.1 Å². The zero-order chi connectivity index (χ0) is 10.3. The summed E-state index contributed by atoms with van der Waals surface area (Å²) in [5, 5.41) is 0. The molecule has 15 heavy (non-hydrogen) atoms. The summed E-state index contributed by atoms with van der Waals surface area (Å²) >= 11 is 0. The number of furan rings is 1. The molecule has 0 saturated heterocycles. The van der Waals surface area contributed by atoms with E-state index in [0.717, 1.165) is 12.8 Å². The van der Waals surface area contributed by atoms with Gasteiger partial charge >= 0.3 is 5.97 Å². The minimum Gasteiger partial charge on any atom is -0.434 e. The van der Waals surface area contributed by atoms with Crippen LogP contribution in [0.4, 0.5) is 0 Å². The average molecular weight is 204 g/mol. The lowest BCUT2D eigenvalue weighted by Gasteiger charge is -2.14. The van der Waals surface area contributed by atoms with Crippen molar-refractivity contribution in [2.75, 3.05) is 0 Å². The Labute approximate surface area is 87.7 Å². The molecule has 2 aliphatic rings. The molecule has 3 atom stereocenters. The molecule has 0 radical (unpaired) electrons. The van der Waals surface area contributed by atoms with Gasteiger partial charge in [0.25, 0.3) is 5.95 Å². The second-order valence-corrected chi connectivity index (χ2v) is 4.24. The summed E-state index contributed by atoms with van der Waals surface area (Å²) in [5.41, 5.74) is 0. The molecule has 2 bridgehead atoms. The molecule has 3 heteroatoms. The number of fused-ring (bicyclic) bond motifs is 2. The van der Waals surface area contributed by atoms with Gasteiger partial charge in [0.05, 0.1) is 12.2 Å². The fourth-order valence-electron chi connectivity index (χ4n) is 2.55. The standard InChI is InChI=1S/C12H12O3/c13-12(15-11-2-1-5-14-11)10-7-8-3-4-9(10)6-8/h1-5,8-10H,6-7H2/t8-,9+,10+/m0/s1. The van der Waals surface area contributed by atoms with Crippen LogP contribution in [0.25, 0.3) is 0 Å². The van der Waals surface area contributed by atoms with Crippen molar-refractivity contribution in [3.8, 4) is 5.95 Å². The summed E-state index contributed by atoms with van der Waals surface area (Å²) in [7, 11) is 0. The third kappa shape index (κ3) is 1.48. The normalized spacial score (nSPS) is 32.1. The van der Waals surface area contributed by atoms with Crippen molar-refractivity contribution in [3.63, 3.8) is 0 Å². The Morgan fingerprint density at radius 2 is 2.33 bits per heavy atom. The minimum absolute atomic E-state index is 0.0325. The molecule has 0 spiro atoms. The number of carbonyl (C=O) groups excluding carboxylic acids is 1. The van der Waals surface area contributed by atoms with E-state index in [2.05, 4.69) is 12.2 Å². The molecule has 1 fully saturated rings. The lowest BCUT2D eigenvalue weighted by molar-refractivity contribution is -0.141. The quantitative estimate of drug-likeness (QED) is 0.548. The van der Waals surface area contributed by atoms with Crippen molar-refractivity contribution < 1.29 is 13.9 Å². The smallest absolute Gasteiger partial charge is 0.317 e. The maximum atomic E-state index is 11.8. The molecular weight excluding hydrogens is 192 g/mol. The second kappa shape index (κ2) is 3.26. The van der Waals surface area contributed by atoms with Crippen LogP contribution in [0.3, 0.4) is 0 Å². The maximum absolute atomic E-state index is 11.8. The van der Waals surface area contributed by atoms with Crippen LogP contribution in [-0.2, 0) is 4.79 Å². The topological polar surface area (TPSA) is 39.4 Å². The molecule has 3 nitrogen and oxygen atoms in total. The van der Waals surface area contributed by atoms with Gasteiger partial charge in [-0.3, -0.25) is 4.79 Å². The van der Waals surface area contributed by atoms with E-state index in [-0.39, 0.29) is 11.9 Å². The van der Waals surface area contributed by atoms with Crippen LogP contribution >= 0.6 is 0 Å². The van der Waals surface area contributed by atoms with Crippen molar-refractivity contribution in [3.05, 3.63) is 30.5 Å². The van der Waals surface area contributed by atoms with E-state index in [1.165, 1.54) is 6.26 Å². The number of carbonyl (C=O) groups is 1. The van der Waals surface area contributed by atoms with Gasteiger partial charge in [0.15, 0.2) is 0 Å². The van der Waals surface area contributed by atoms with E-state index in [0.29, 0.717) is 17.8 Å². The van der Waals surface area contributed by atoms with Crippen molar-refractivity contribution >= 4 is 5.97 Å². The molecule has 1 aromatic rings. The molecule has 0 aromatic carbocycles. The van der Waals surface area contributed by atoms with Gasteiger partial charge in [-0.05, 0) is 30.7 Å². The van der Waals surface area contributed by atoms with Gasteiger partial charge in [0.2, 0.25) is 0 Å². The van der Waals surface area contributed by atoms with Crippen LogP contribution < -0.4 is 4.74 Å². The first-order chi connectivity index (χ1) is 7.33. The molecule has 3 rings (SSSR count). The van der Waals surface area contributed by atoms with E-state index >= 15 is 0 Å². The molecule has 78 valence electrons. The number of hydrogen-bond acceptors (Lipinski definition) is 3. The zero-order valence-corrected chi connectivity index (χ0v) is 8.26. The SMILES string of the molecule is O=C(Oc1ccco1)[C@@H]1C[C@H]2C=C[C@@H]1C2. The van der Waals surface area contributed by atoms with Crippen molar-refractivity contribution in [2.45, 2.75) is 12.8 Å². The highest BCUT2D eigenvalue weighted by molar-refractivity contribution is 5.76. The summed E-state index contributed by atoms with van der Waals surface area (Å²) in [4.78, 5) is 11.8. The molecule has 2 aliphatic carbocycles. The zero-order valence-electron chi connectivity index (χ0n) is 8.26. The van der Waals surface area contributed by atoms with Crippen LogP contribution in [0.2, 0.25) is 0 Å². The lowest BCUT2D eigenvalue weighted by atomic mass is 9.94. The highest BCUT2D eigenvalue weighted by Gasteiger charge is 2.41. The second-order valence-electron chi connectivity index (χ2n) is 4.24. The maximum Gasteiger partial charge on any atom is 0.317 e. The molecule has 0 amide bonds. The van der Waals surface area contributed by atoms with Crippen LogP contribution in [0.15, 0.2) is 35.0 Å². The van der Waals surface area contributed by atoms with Gasteiger partial charge in [0, 0.05) is 6.07 Å². The van der Waals surface area contributed by atoms with E-state index in [1.807, 2.05) is 0 Å². The summed E-state index contributed by atoms with van der Waals surface area (Å²) < 4.78 is 10.1. The van der Waals surface area contributed by atoms with Gasteiger partial charge < -0.3 is 9.15 Å². The van der Waals surface area contributed by atoms with E-state index in [9.17, 15) is 4.79 Å². The van der Waals surface area contributed by atoms with Crippen LogP contribution in [0.1, 0.15) is 12.8 Å². The van der Waals surface area contributed by atoms with Crippen molar-refractivity contribution in [2.24, 2.45) is 17.8 Å². The van der Waals surface area contributed by atoms with Crippen LogP contribution in [-0.4, -0.2) is 5.97 Å². The Balaban J connectivity index is 1.68. The predicted molar refractivity (Wildman–Crippen MR) is 53.2 cm³/mol. The first kappa shape index (κ1) is 8.77. The number of allylic oxidation sites excluding steroid dienone is 2. The fourth-order valence-corrected chi connectivity index (χ4v) is 2.55. The fraction of sp³-hybridized carbons (Fsp3) is 0.417. The molecule has 1 aromatic heterocycles. The lowest BCUT2D eigenvalue weighted by Crippen LogP contribution is -2.23. The minimum atomic E-state index is -0.151. The van der Waals surface area contributed by atoms with E-state index < -0.39 is 0 Å². The third-order valence-corrected chi connectivity index (χ3v) is 3.28.